The van der Waals surface area contributed by atoms with Crippen LogP contribution in [-0.4, -0.2) is 75.1 Å². The molecule has 1 aromatic rings. The zero-order valence-electron chi connectivity index (χ0n) is 16.8. The molecule has 2 saturated carbocycles. The Morgan fingerprint density at radius 3 is 2.71 bits per heavy atom. The van der Waals surface area contributed by atoms with Crippen LogP contribution in [0.1, 0.15) is 51.4 Å². The lowest BCUT2D eigenvalue weighted by molar-refractivity contribution is -0.159. The lowest BCUT2D eigenvalue weighted by Gasteiger charge is -2.55. The van der Waals surface area contributed by atoms with E-state index in [0.717, 1.165) is 38.7 Å². The Morgan fingerprint density at radius 2 is 2.04 bits per heavy atom. The van der Waals surface area contributed by atoms with Gasteiger partial charge in [-0.25, -0.2) is 0 Å². The van der Waals surface area contributed by atoms with Crippen LogP contribution in [0.2, 0.25) is 0 Å². The van der Waals surface area contributed by atoms with E-state index in [2.05, 4.69) is 15.2 Å². The van der Waals surface area contributed by atoms with Crippen molar-refractivity contribution in [3.8, 4) is 0 Å². The van der Waals surface area contributed by atoms with Gasteiger partial charge >= 0.3 is 0 Å². The maximum absolute atomic E-state index is 12.7. The molecule has 2 aliphatic heterocycles. The van der Waals surface area contributed by atoms with Gasteiger partial charge in [-0.3, -0.25) is 14.4 Å². The predicted molar refractivity (Wildman–Crippen MR) is 105 cm³/mol. The minimum atomic E-state index is 0.0639. The molecule has 4 fully saturated rings. The Labute approximate surface area is 167 Å². The van der Waals surface area contributed by atoms with Crippen molar-refractivity contribution in [2.45, 2.75) is 69.6 Å². The van der Waals surface area contributed by atoms with E-state index in [-0.39, 0.29) is 12.0 Å². The highest BCUT2D eigenvalue weighted by Crippen LogP contribution is 2.42. The molecule has 4 aliphatic rings. The first-order valence-corrected chi connectivity index (χ1v) is 11.2. The number of nitrogens with zero attached hydrogens (tertiary/aromatic N) is 5. The number of likely N-dealkylation sites (tertiary alicyclic amines) is 1. The normalized spacial score (nSPS) is 27.6. The molecule has 28 heavy (non-hydrogen) atoms. The van der Waals surface area contributed by atoms with Crippen molar-refractivity contribution in [2.75, 3.05) is 32.8 Å². The molecule has 7 heteroatoms. The molecule has 0 radical (unpaired) electrons. The van der Waals surface area contributed by atoms with Crippen molar-refractivity contribution in [1.82, 2.24) is 24.8 Å². The zero-order valence-corrected chi connectivity index (χ0v) is 16.8. The van der Waals surface area contributed by atoms with Gasteiger partial charge in [-0.15, -0.1) is 5.10 Å². The van der Waals surface area contributed by atoms with Crippen LogP contribution in [0.5, 0.6) is 0 Å². The second kappa shape index (κ2) is 7.75. The average molecular weight is 388 g/mol. The van der Waals surface area contributed by atoms with Crippen molar-refractivity contribution >= 4 is 5.91 Å². The third-order valence-electron chi connectivity index (χ3n) is 7.33. The molecule has 2 aliphatic carbocycles. The smallest absolute Gasteiger partial charge is 0.225 e. The topological polar surface area (TPSA) is 63.5 Å². The van der Waals surface area contributed by atoms with E-state index in [1.165, 1.54) is 51.5 Å². The maximum atomic E-state index is 12.7. The molecule has 1 atom stereocenters. The summed E-state index contributed by atoms with van der Waals surface area (Å²) >= 11 is 0. The minimum absolute atomic E-state index is 0.0639. The van der Waals surface area contributed by atoms with Gasteiger partial charge < -0.3 is 9.64 Å². The molecule has 0 N–H and O–H groups in total. The number of carbonyl (C=O) groups is 1. The van der Waals surface area contributed by atoms with Gasteiger partial charge in [0.15, 0.2) is 0 Å². The Kier molecular flexibility index (Phi) is 5.13. The number of hydrogen-bond acceptors (Lipinski definition) is 5. The number of amides is 1. The van der Waals surface area contributed by atoms with Crippen LogP contribution >= 0.6 is 0 Å². The van der Waals surface area contributed by atoms with Crippen molar-refractivity contribution in [3.63, 3.8) is 0 Å². The van der Waals surface area contributed by atoms with E-state index in [1.807, 2.05) is 15.8 Å². The van der Waals surface area contributed by atoms with E-state index in [9.17, 15) is 4.79 Å². The maximum Gasteiger partial charge on any atom is 0.225 e. The van der Waals surface area contributed by atoms with Crippen molar-refractivity contribution in [1.29, 1.82) is 0 Å². The molecule has 1 unspecified atom stereocenters. The number of ether oxygens (including phenoxy) is 1. The summed E-state index contributed by atoms with van der Waals surface area (Å²) < 4.78 is 8.05. The fourth-order valence-electron chi connectivity index (χ4n) is 5.14. The molecule has 7 nitrogen and oxygen atoms in total. The van der Waals surface area contributed by atoms with Crippen molar-refractivity contribution in [3.05, 3.63) is 12.4 Å². The molecular weight excluding hydrogens is 354 g/mol. The monoisotopic (exact) mass is 387 g/mol. The third-order valence-corrected chi connectivity index (χ3v) is 7.33. The van der Waals surface area contributed by atoms with Crippen LogP contribution in [-0.2, 0) is 16.1 Å². The van der Waals surface area contributed by atoms with Crippen LogP contribution in [0.4, 0.5) is 0 Å². The Hall–Kier alpha value is -1.47. The van der Waals surface area contributed by atoms with Crippen molar-refractivity contribution < 1.29 is 9.53 Å². The molecule has 5 rings (SSSR count). The Bertz CT molecular complexity index is 664. The first-order valence-electron chi connectivity index (χ1n) is 11.2. The fourth-order valence-corrected chi connectivity index (χ4v) is 5.14. The quantitative estimate of drug-likeness (QED) is 0.682. The van der Waals surface area contributed by atoms with Gasteiger partial charge in [0.2, 0.25) is 5.91 Å². The van der Waals surface area contributed by atoms with E-state index >= 15 is 0 Å². The van der Waals surface area contributed by atoms with Gasteiger partial charge in [0.25, 0.3) is 0 Å². The highest BCUT2D eigenvalue weighted by atomic mass is 16.5. The first-order chi connectivity index (χ1) is 13.7. The van der Waals surface area contributed by atoms with Crippen LogP contribution in [0.25, 0.3) is 0 Å². The second-order valence-electron chi connectivity index (χ2n) is 9.54. The van der Waals surface area contributed by atoms with Gasteiger partial charge in [-0.1, -0.05) is 18.1 Å². The molecule has 0 aromatic carbocycles. The highest BCUT2D eigenvalue weighted by Gasteiger charge is 2.47. The summed E-state index contributed by atoms with van der Waals surface area (Å²) in [6.45, 7) is 5.46. The molecule has 2 saturated heterocycles. The number of hydrogen-bond donors (Lipinski definition) is 0. The Morgan fingerprint density at radius 1 is 1.18 bits per heavy atom. The molecule has 154 valence electrons. The summed E-state index contributed by atoms with van der Waals surface area (Å²) in [7, 11) is 0. The molecule has 1 aromatic heterocycles. The number of rotatable bonds is 8. The van der Waals surface area contributed by atoms with Gasteiger partial charge in [0, 0.05) is 43.8 Å². The molecule has 0 bridgehead atoms. The van der Waals surface area contributed by atoms with E-state index in [4.69, 9.17) is 4.74 Å². The van der Waals surface area contributed by atoms with Crippen LogP contribution in [0.3, 0.4) is 0 Å². The lowest BCUT2D eigenvalue weighted by atomic mass is 9.74. The van der Waals surface area contributed by atoms with Crippen molar-refractivity contribution in [2.24, 2.45) is 11.8 Å². The largest absolute Gasteiger partial charge is 0.374 e. The standard InChI is InChI=1S/C21H33N5O2/c27-20(24-12-18(13-24)14-26-10-8-22-23-26)11-19-15-25(9-1-3-17-4-5-17)21(16-28-19)6-2-7-21/h8,10,17-19H,1-7,9,11-16H2. The van der Waals surface area contributed by atoms with E-state index in [1.54, 1.807) is 6.20 Å². The summed E-state index contributed by atoms with van der Waals surface area (Å²) in [5.41, 5.74) is 0.294. The third kappa shape index (κ3) is 3.96. The highest BCUT2D eigenvalue weighted by molar-refractivity contribution is 5.77. The lowest BCUT2D eigenvalue weighted by Crippen LogP contribution is -2.63. The SMILES string of the molecule is O=C(CC1CN(CCCC2CC2)C2(CCC2)CO1)N1CC(Cn2ccnn2)C1. The summed E-state index contributed by atoms with van der Waals surface area (Å²) in [6.07, 6.45) is 13.6. The summed E-state index contributed by atoms with van der Waals surface area (Å²) in [6, 6.07) is 0. The molecule has 3 heterocycles. The predicted octanol–water partition coefficient (Wildman–Crippen LogP) is 1.94. The van der Waals surface area contributed by atoms with E-state index < -0.39 is 0 Å². The number of morpholine rings is 1. The fraction of sp³-hybridized carbons (Fsp3) is 0.857. The van der Waals surface area contributed by atoms with Gasteiger partial charge in [0.05, 0.1) is 25.3 Å². The number of carbonyl (C=O) groups excluding carboxylic acids is 1. The zero-order chi connectivity index (χ0) is 19.0. The summed E-state index contributed by atoms with van der Waals surface area (Å²) in [5.74, 6) is 1.75. The number of aromatic nitrogens is 3. The summed E-state index contributed by atoms with van der Waals surface area (Å²) in [4.78, 5) is 17.4. The minimum Gasteiger partial charge on any atom is -0.374 e. The molecule has 1 spiro atoms. The first kappa shape index (κ1) is 18.6. The molecular formula is C21H33N5O2. The van der Waals surface area contributed by atoms with Crippen LogP contribution < -0.4 is 0 Å². The summed E-state index contributed by atoms with van der Waals surface area (Å²) in [5, 5.41) is 7.85. The second-order valence-corrected chi connectivity index (χ2v) is 9.54. The average Bonchev–Trinajstić information content (AvgIpc) is 3.29. The molecule has 1 amide bonds. The van der Waals surface area contributed by atoms with E-state index in [0.29, 0.717) is 17.9 Å². The van der Waals surface area contributed by atoms with Gasteiger partial charge in [-0.05, 0) is 44.6 Å². The van der Waals surface area contributed by atoms with Crippen LogP contribution in [0.15, 0.2) is 12.4 Å². The van der Waals surface area contributed by atoms with Gasteiger partial charge in [-0.2, -0.15) is 0 Å². The van der Waals surface area contributed by atoms with Crippen LogP contribution in [0, 0.1) is 11.8 Å². The van der Waals surface area contributed by atoms with Gasteiger partial charge in [0.1, 0.15) is 0 Å². The Balaban J connectivity index is 1.08.